The molecular weight excluding hydrogens is 164 g/mol. The highest BCUT2D eigenvalue weighted by Gasteiger charge is 2.19. The van der Waals surface area contributed by atoms with Gasteiger partial charge in [0, 0.05) is 5.69 Å². The van der Waals surface area contributed by atoms with Crippen molar-refractivity contribution in [3.63, 3.8) is 0 Å². The summed E-state index contributed by atoms with van der Waals surface area (Å²) in [4.78, 5) is 0. The number of aliphatic hydroxyl groups excluding tert-OH is 1. The van der Waals surface area contributed by atoms with Gasteiger partial charge in [-0.05, 0) is 31.0 Å². The van der Waals surface area contributed by atoms with E-state index in [4.69, 9.17) is 16.6 Å². The molecule has 0 aromatic heterocycles. The summed E-state index contributed by atoms with van der Waals surface area (Å²) < 4.78 is 0. The maximum Gasteiger partial charge on any atom is 0.0650 e. The third-order valence-electron chi connectivity index (χ3n) is 2.26. The van der Waals surface area contributed by atoms with E-state index < -0.39 is 5.54 Å². The van der Waals surface area contributed by atoms with Crippen molar-refractivity contribution in [3.05, 3.63) is 29.3 Å². The third kappa shape index (κ3) is 1.99. The van der Waals surface area contributed by atoms with Gasteiger partial charge in [-0.15, -0.1) is 0 Å². The maximum atomic E-state index is 9.05. The van der Waals surface area contributed by atoms with Gasteiger partial charge in [0.2, 0.25) is 0 Å². The second kappa shape index (κ2) is 3.36. The lowest BCUT2D eigenvalue weighted by Crippen LogP contribution is -2.36. The van der Waals surface area contributed by atoms with E-state index in [1.165, 1.54) is 0 Å². The SMILES string of the molecule is Cc1cc(C(C)(N)CO)ccc1N. The quantitative estimate of drug-likeness (QED) is 0.588. The summed E-state index contributed by atoms with van der Waals surface area (Å²) in [7, 11) is 0. The van der Waals surface area contributed by atoms with E-state index in [1.807, 2.05) is 25.1 Å². The molecule has 1 atom stereocenters. The number of nitrogens with two attached hydrogens (primary N) is 2. The van der Waals surface area contributed by atoms with Gasteiger partial charge in [0.25, 0.3) is 0 Å². The summed E-state index contributed by atoms with van der Waals surface area (Å²) in [5, 5.41) is 9.05. The second-order valence-electron chi connectivity index (χ2n) is 3.65. The first-order valence-electron chi connectivity index (χ1n) is 4.24. The minimum atomic E-state index is -0.682. The van der Waals surface area contributed by atoms with Crippen LogP contribution in [0.4, 0.5) is 5.69 Å². The van der Waals surface area contributed by atoms with Gasteiger partial charge in [0.05, 0.1) is 12.1 Å². The van der Waals surface area contributed by atoms with Crippen LogP contribution in [-0.2, 0) is 5.54 Å². The summed E-state index contributed by atoms with van der Waals surface area (Å²) in [6.45, 7) is 3.64. The van der Waals surface area contributed by atoms with E-state index >= 15 is 0 Å². The molecule has 1 unspecified atom stereocenters. The number of hydrogen-bond acceptors (Lipinski definition) is 3. The molecule has 3 nitrogen and oxygen atoms in total. The van der Waals surface area contributed by atoms with E-state index in [9.17, 15) is 0 Å². The molecule has 0 saturated heterocycles. The molecule has 3 heteroatoms. The van der Waals surface area contributed by atoms with Crippen LogP contribution in [0.25, 0.3) is 0 Å². The minimum Gasteiger partial charge on any atom is -0.399 e. The number of nitrogen functional groups attached to an aromatic ring is 1. The van der Waals surface area contributed by atoms with E-state index in [0.29, 0.717) is 0 Å². The van der Waals surface area contributed by atoms with Crippen LogP contribution >= 0.6 is 0 Å². The molecule has 1 rings (SSSR count). The Morgan fingerprint density at radius 3 is 2.54 bits per heavy atom. The Morgan fingerprint density at radius 2 is 2.08 bits per heavy atom. The Hall–Kier alpha value is -1.06. The summed E-state index contributed by atoms with van der Waals surface area (Å²) in [6, 6.07) is 5.57. The van der Waals surface area contributed by atoms with Crippen molar-refractivity contribution in [2.45, 2.75) is 19.4 Å². The molecule has 0 aliphatic rings. The molecule has 0 aliphatic carbocycles. The van der Waals surface area contributed by atoms with Crippen LogP contribution in [-0.4, -0.2) is 11.7 Å². The van der Waals surface area contributed by atoms with Crippen LogP contribution in [0.5, 0.6) is 0 Å². The zero-order chi connectivity index (χ0) is 10.1. The fourth-order valence-corrected chi connectivity index (χ4v) is 1.12. The molecule has 0 fully saturated rings. The number of rotatable bonds is 2. The van der Waals surface area contributed by atoms with Crippen LogP contribution in [0.2, 0.25) is 0 Å². The highest BCUT2D eigenvalue weighted by atomic mass is 16.3. The highest BCUT2D eigenvalue weighted by Crippen LogP contribution is 2.21. The summed E-state index contributed by atoms with van der Waals surface area (Å²) in [5.74, 6) is 0. The van der Waals surface area contributed by atoms with Crippen LogP contribution < -0.4 is 11.5 Å². The molecule has 0 amide bonds. The first kappa shape index (κ1) is 10.0. The molecule has 1 aromatic rings. The number of benzene rings is 1. The second-order valence-corrected chi connectivity index (χ2v) is 3.65. The zero-order valence-electron chi connectivity index (χ0n) is 8.04. The van der Waals surface area contributed by atoms with Gasteiger partial charge >= 0.3 is 0 Å². The van der Waals surface area contributed by atoms with Crippen LogP contribution in [0.1, 0.15) is 18.1 Å². The van der Waals surface area contributed by atoms with E-state index in [1.54, 1.807) is 6.92 Å². The molecule has 5 N–H and O–H groups in total. The average Bonchev–Trinajstić information content (AvgIpc) is 2.09. The van der Waals surface area contributed by atoms with Gasteiger partial charge in [0.1, 0.15) is 0 Å². The Bertz CT molecular complexity index is 308. The molecular formula is C10H16N2O. The standard InChI is InChI=1S/C10H16N2O/c1-7-5-8(3-4-9(7)11)10(2,12)6-13/h3-5,13H,6,11-12H2,1-2H3. The number of hydrogen-bond donors (Lipinski definition) is 3. The summed E-state index contributed by atoms with van der Waals surface area (Å²) in [5.41, 5.74) is 13.5. The molecule has 13 heavy (non-hydrogen) atoms. The predicted octanol–water partition coefficient (Wildman–Crippen LogP) is 0.743. The molecule has 0 bridgehead atoms. The number of anilines is 1. The highest BCUT2D eigenvalue weighted by molar-refractivity contribution is 5.48. The Kier molecular flexibility index (Phi) is 2.59. The van der Waals surface area contributed by atoms with E-state index in [-0.39, 0.29) is 6.61 Å². The van der Waals surface area contributed by atoms with Crippen molar-refractivity contribution in [2.24, 2.45) is 5.73 Å². The smallest absolute Gasteiger partial charge is 0.0650 e. The van der Waals surface area contributed by atoms with E-state index in [2.05, 4.69) is 0 Å². The lowest BCUT2D eigenvalue weighted by molar-refractivity contribution is 0.210. The number of aryl methyl sites for hydroxylation is 1. The molecule has 0 aliphatic heterocycles. The Balaban J connectivity index is 3.10. The minimum absolute atomic E-state index is 0.0731. The average molecular weight is 180 g/mol. The lowest BCUT2D eigenvalue weighted by atomic mass is 9.92. The van der Waals surface area contributed by atoms with E-state index in [0.717, 1.165) is 16.8 Å². The van der Waals surface area contributed by atoms with Crippen molar-refractivity contribution in [1.29, 1.82) is 0 Å². The van der Waals surface area contributed by atoms with Crippen LogP contribution in [0, 0.1) is 6.92 Å². The molecule has 0 heterocycles. The zero-order valence-corrected chi connectivity index (χ0v) is 8.04. The first-order valence-corrected chi connectivity index (χ1v) is 4.24. The van der Waals surface area contributed by atoms with Crippen LogP contribution in [0.3, 0.4) is 0 Å². The van der Waals surface area contributed by atoms with Gasteiger partial charge < -0.3 is 16.6 Å². The maximum absolute atomic E-state index is 9.05. The van der Waals surface area contributed by atoms with Gasteiger partial charge in [-0.1, -0.05) is 12.1 Å². The molecule has 0 radical (unpaired) electrons. The van der Waals surface area contributed by atoms with Crippen molar-refractivity contribution in [3.8, 4) is 0 Å². The topological polar surface area (TPSA) is 72.3 Å². The van der Waals surface area contributed by atoms with Crippen molar-refractivity contribution in [2.75, 3.05) is 12.3 Å². The molecule has 0 saturated carbocycles. The third-order valence-corrected chi connectivity index (χ3v) is 2.26. The molecule has 1 aromatic carbocycles. The molecule has 72 valence electrons. The van der Waals surface area contributed by atoms with Crippen molar-refractivity contribution in [1.82, 2.24) is 0 Å². The summed E-state index contributed by atoms with van der Waals surface area (Å²) in [6.07, 6.45) is 0. The van der Waals surface area contributed by atoms with Crippen molar-refractivity contribution < 1.29 is 5.11 Å². The van der Waals surface area contributed by atoms with Crippen molar-refractivity contribution >= 4 is 5.69 Å². The van der Waals surface area contributed by atoms with Gasteiger partial charge in [0.15, 0.2) is 0 Å². The van der Waals surface area contributed by atoms with Gasteiger partial charge in [-0.3, -0.25) is 0 Å². The number of aliphatic hydroxyl groups is 1. The summed E-state index contributed by atoms with van der Waals surface area (Å²) >= 11 is 0. The normalized spacial score (nSPS) is 15.4. The van der Waals surface area contributed by atoms with Crippen LogP contribution in [0.15, 0.2) is 18.2 Å². The Morgan fingerprint density at radius 1 is 1.46 bits per heavy atom. The Labute approximate surface area is 78.4 Å². The first-order chi connectivity index (χ1) is 5.97. The fourth-order valence-electron chi connectivity index (χ4n) is 1.12. The van der Waals surface area contributed by atoms with Gasteiger partial charge in [-0.25, -0.2) is 0 Å². The monoisotopic (exact) mass is 180 g/mol. The predicted molar refractivity (Wildman–Crippen MR) is 54.2 cm³/mol. The van der Waals surface area contributed by atoms with Gasteiger partial charge in [-0.2, -0.15) is 0 Å². The lowest BCUT2D eigenvalue weighted by Gasteiger charge is -2.22. The fraction of sp³-hybridized carbons (Fsp3) is 0.400. The largest absolute Gasteiger partial charge is 0.399 e. The molecule has 0 spiro atoms.